The molecule has 38 heavy (non-hydrogen) atoms. The number of aromatic nitrogens is 2. The van der Waals surface area contributed by atoms with Crippen LogP contribution in [0.2, 0.25) is 0 Å². The lowest BCUT2D eigenvalue weighted by atomic mass is 9.86. The molecule has 202 valence electrons. The number of carboxylic acids is 1. The highest BCUT2D eigenvalue weighted by atomic mass is 16.4. The third-order valence-electron chi connectivity index (χ3n) is 6.78. The molecule has 0 spiro atoms. The zero-order chi connectivity index (χ0) is 28.0. The minimum absolute atomic E-state index is 0.00740. The van der Waals surface area contributed by atoms with Crippen LogP contribution < -0.4 is 5.56 Å². The molecule has 0 bridgehead atoms. The Morgan fingerprint density at radius 1 is 1.03 bits per heavy atom. The van der Waals surface area contributed by atoms with E-state index in [1.165, 1.54) is 4.57 Å². The summed E-state index contributed by atoms with van der Waals surface area (Å²) in [6, 6.07) is 10.8. The minimum atomic E-state index is -0.981. The third-order valence-corrected chi connectivity index (χ3v) is 6.78. The van der Waals surface area contributed by atoms with Gasteiger partial charge in [-0.3, -0.25) is 19.4 Å². The maximum Gasteiger partial charge on any atom is 0.303 e. The molecule has 0 saturated heterocycles. The largest absolute Gasteiger partial charge is 0.481 e. The van der Waals surface area contributed by atoms with Crippen LogP contribution in [0.25, 0.3) is 11.1 Å². The van der Waals surface area contributed by atoms with Crippen molar-refractivity contribution in [3.8, 4) is 11.1 Å². The summed E-state index contributed by atoms with van der Waals surface area (Å²) in [6.45, 7) is 8.72. The van der Waals surface area contributed by atoms with Crippen molar-refractivity contribution in [1.82, 2.24) is 14.5 Å². The number of hydrogen-bond acceptors (Lipinski definition) is 5. The van der Waals surface area contributed by atoms with Gasteiger partial charge in [-0.1, -0.05) is 32.0 Å². The molecular weight excluding hydrogens is 478 g/mol. The second-order valence-electron chi connectivity index (χ2n) is 10.9. The highest BCUT2D eigenvalue weighted by Gasteiger charge is 2.28. The molecule has 0 aliphatic rings. The first-order valence-corrected chi connectivity index (χ1v) is 13.1. The number of carbonyl (C=O) groups excluding carboxylic acids is 1. The van der Waals surface area contributed by atoms with Gasteiger partial charge >= 0.3 is 5.97 Å². The SMILES string of the molecule is Cc1cccc(C)c1-c1cncc([C@H](CC(=O)O)CC(=O)[C@@H](CC(C)C)n2ccc(CN(C)C)cc2=O)c1. The second kappa shape index (κ2) is 12.8. The first-order valence-electron chi connectivity index (χ1n) is 13.1. The van der Waals surface area contributed by atoms with Gasteiger partial charge in [0, 0.05) is 49.1 Å². The zero-order valence-corrected chi connectivity index (χ0v) is 23.3. The van der Waals surface area contributed by atoms with Crippen LogP contribution in [0.15, 0.2) is 59.8 Å². The maximum absolute atomic E-state index is 13.7. The molecule has 2 aromatic heterocycles. The minimum Gasteiger partial charge on any atom is -0.481 e. The summed E-state index contributed by atoms with van der Waals surface area (Å²) in [5.74, 6) is -1.52. The van der Waals surface area contributed by atoms with Gasteiger partial charge in [0.15, 0.2) is 5.78 Å². The number of hydrogen-bond donors (Lipinski definition) is 1. The van der Waals surface area contributed by atoms with Gasteiger partial charge in [0.05, 0.1) is 12.5 Å². The Labute approximate surface area is 225 Å². The highest BCUT2D eigenvalue weighted by molar-refractivity contribution is 5.84. The standard InChI is InChI=1S/C31H39N3O4/c1-20(2)12-27(34-11-10-23(13-29(34)36)19-33(5)6)28(35)15-24(16-30(37)38)25-14-26(18-32-17-25)31-21(3)8-7-9-22(31)4/h7-11,13-14,17-18,20,24,27H,12,15-16,19H2,1-6H3,(H,37,38)/t24-,27+/m0/s1. The summed E-state index contributed by atoms with van der Waals surface area (Å²) in [5.41, 5.74) is 5.52. The topological polar surface area (TPSA) is 92.5 Å². The lowest BCUT2D eigenvalue weighted by molar-refractivity contribution is -0.137. The average Bonchev–Trinajstić information content (AvgIpc) is 2.82. The van der Waals surface area contributed by atoms with Gasteiger partial charge in [-0.25, -0.2) is 0 Å². The van der Waals surface area contributed by atoms with E-state index in [0.717, 1.165) is 27.8 Å². The number of carboxylic acid groups (broad SMARTS) is 1. The molecule has 0 amide bonds. The Hall–Kier alpha value is -3.58. The molecule has 3 aromatic rings. The number of pyridine rings is 2. The summed E-state index contributed by atoms with van der Waals surface area (Å²) >= 11 is 0. The van der Waals surface area contributed by atoms with Gasteiger partial charge in [0.2, 0.25) is 0 Å². The van der Waals surface area contributed by atoms with E-state index in [0.29, 0.717) is 18.5 Å². The summed E-state index contributed by atoms with van der Waals surface area (Å²) in [6.07, 6.45) is 5.42. The molecule has 1 aromatic carbocycles. The first-order chi connectivity index (χ1) is 18.0. The van der Waals surface area contributed by atoms with Gasteiger partial charge in [0.1, 0.15) is 0 Å². The van der Waals surface area contributed by atoms with E-state index in [2.05, 4.69) is 4.98 Å². The predicted octanol–water partition coefficient (Wildman–Crippen LogP) is 5.39. The van der Waals surface area contributed by atoms with E-state index in [1.54, 1.807) is 24.7 Å². The van der Waals surface area contributed by atoms with Gasteiger partial charge in [-0.2, -0.15) is 0 Å². The van der Waals surface area contributed by atoms with Crippen molar-refractivity contribution in [3.63, 3.8) is 0 Å². The monoisotopic (exact) mass is 517 g/mol. The average molecular weight is 518 g/mol. The molecule has 0 fully saturated rings. The van der Waals surface area contributed by atoms with Gasteiger partial charge in [-0.15, -0.1) is 0 Å². The molecule has 1 N–H and O–H groups in total. The first kappa shape index (κ1) is 29.0. The fraction of sp³-hybridized carbons (Fsp3) is 0.419. The van der Waals surface area contributed by atoms with E-state index < -0.39 is 17.9 Å². The molecule has 7 nitrogen and oxygen atoms in total. The van der Waals surface area contributed by atoms with Crippen molar-refractivity contribution in [1.29, 1.82) is 0 Å². The van der Waals surface area contributed by atoms with E-state index >= 15 is 0 Å². The molecule has 0 unspecified atom stereocenters. The lowest BCUT2D eigenvalue weighted by Gasteiger charge is -2.24. The quantitative estimate of drug-likeness (QED) is 0.346. The molecule has 3 rings (SSSR count). The molecule has 0 radical (unpaired) electrons. The molecule has 2 heterocycles. The van der Waals surface area contributed by atoms with E-state index in [9.17, 15) is 19.5 Å². The Kier molecular flexibility index (Phi) is 9.75. The number of aryl methyl sites for hydroxylation is 2. The van der Waals surface area contributed by atoms with Gasteiger partial charge < -0.3 is 14.6 Å². The smallest absolute Gasteiger partial charge is 0.303 e. The van der Waals surface area contributed by atoms with E-state index in [1.807, 2.05) is 77.0 Å². The Morgan fingerprint density at radius 2 is 1.71 bits per heavy atom. The zero-order valence-electron chi connectivity index (χ0n) is 23.3. The van der Waals surface area contributed by atoms with E-state index in [4.69, 9.17) is 0 Å². The van der Waals surface area contributed by atoms with Crippen LogP contribution in [-0.4, -0.2) is 45.4 Å². The Balaban J connectivity index is 1.96. The van der Waals surface area contributed by atoms with Crippen molar-refractivity contribution < 1.29 is 14.7 Å². The van der Waals surface area contributed by atoms with Crippen LogP contribution in [0.4, 0.5) is 0 Å². The summed E-state index contributed by atoms with van der Waals surface area (Å²) < 4.78 is 1.50. The van der Waals surface area contributed by atoms with Crippen LogP contribution in [0, 0.1) is 19.8 Å². The highest BCUT2D eigenvalue weighted by Crippen LogP contribution is 2.32. The fourth-order valence-electron chi connectivity index (χ4n) is 5.08. The molecule has 2 atom stereocenters. The number of ketones is 1. The van der Waals surface area contributed by atoms with Crippen molar-refractivity contribution >= 4 is 11.8 Å². The van der Waals surface area contributed by atoms with E-state index in [-0.39, 0.29) is 30.1 Å². The number of nitrogens with zero attached hydrogens (tertiary/aromatic N) is 3. The number of carbonyl (C=O) groups is 2. The van der Waals surface area contributed by atoms with Crippen molar-refractivity contribution in [2.75, 3.05) is 14.1 Å². The number of aliphatic carboxylic acids is 1. The summed E-state index contributed by atoms with van der Waals surface area (Å²) in [7, 11) is 3.87. The van der Waals surface area contributed by atoms with Crippen LogP contribution >= 0.6 is 0 Å². The second-order valence-corrected chi connectivity index (χ2v) is 10.9. The number of rotatable bonds is 12. The maximum atomic E-state index is 13.7. The Bertz CT molecular complexity index is 1320. The predicted molar refractivity (Wildman–Crippen MR) is 150 cm³/mol. The fourth-order valence-corrected chi connectivity index (χ4v) is 5.08. The molecule has 0 saturated carbocycles. The van der Waals surface area contributed by atoms with Crippen LogP contribution in [-0.2, 0) is 16.1 Å². The lowest BCUT2D eigenvalue weighted by Crippen LogP contribution is -2.32. The van der Waals surface area contributed by atoms with Crippen LogP contribution in [0.5, 0.6) is 0 Å². The number of Topliss-reactive ketones (excluding diaryl/α,β-unsaturated/α-hetero) is 1. The summed E-state index contributed by atoms with van der Waals surface area (Å²) in [5, 5.41) is 9.69. The van der Waals surface area contributed by atoms with Crippen LogP contribution in [0.3, 0.4) is 0 Å². The molecule has 0 aliphatic heterocycles. The number of benzene rings is 1. The molecule has 7 heteroatoms. The van der Waals surface area contributed by atoms with Gasteiger partial charge in [-0.05, 0) is 80.2 Å². The van der Waals surface area contributed by atoms with Crippen molar-refractivity contribution in [2.24, 2.45) is 5.92 Å². The summed E-state index contributed by atoms with van der Waals surface area (Å²) in [4.78, 5) is 45.0. The Morgan fingerprint density at radius 3 is 2.29 bits per heavy atom. The third kappa shape index (κ3) is 7.48. The molecule has 0 aliphatic carbocycles. The molecular formula is C31H39N3O4. The normalized spacial score (nSPS) is 13.1. The van der Waals surface area contributed by atoms with Crippen LogP contribution in [0.1, 0.15) is 67.3 Å². The van der Waals surface area contributed by atoms with Crippen molar-refractivity contribution in [3.05, 3.63) is 87.6 Å². The van der Waals surface area contributed by atoms with Crippen molar-refractivity contribution in [2.45, 2.75) is 65.5 Å². The van der Waals surface area contributed by atoms with Gasteiger partial charge in [0.25, 0.3) is 5.56 Å².